The van der Waals surface area contributed by atoms with E-state index in [-0.39, 0.29) is 0 Å². The van der Waals surface area contributed by atoms with Gasteiger partial charge in [-0.1, -0.05) is 6.92 Å². The Hall–Kier alpha value is -1.22. The third-order valence-corrected chi connectivity index (χ3v) is 3.26. The molecular weight excluding hydrogens is 214 g/mol. The molecule has 0 aromatic heterocycles. The average Bonchev–Trinajstić information content (AvgIpc) is 3.08. The topological polar surface area (TPSA) is 30.5 Å². The smallest absolute Gasteiger partial charge is 0.119 e. The first-order valence-electron chi connectivity index (χ1n) is 6.19. The van der Waals surface area contributed by atoms with Crippen molar-refractivity contribution in [3.05, 3.63) is 24.3 Å². The van der Waals surface area contributed by atoms with E-state index < -0.39 is 0 Å². The number of hydrogen-bond acceptors (Lipinski definition) is 3. The second kappa shape index (κ2) is 5.41. The van der Waals surface area contributed by atoms with Gasteiger partial charge < -0.3 is 14.8 Å². The van der Waals surface area contributed by atoms with Crippen molar-refractivity contribution < 1.29 is 9.47 Å². The highest BCUT2D eigenvalue weighted by atomic mass is 16.5. The Morgan fingerprint density at radius 3 is 2.41 bits per heavy atom. The van der Waals surface area contributed by atoms with Gasteiger partial charge in [-0.25, -0.2) is 0 Å². The molecule has 1 aromatic rings. The summed E-state index contributed by atoms with van der Waals surface area (Å²) in [6.45, 7) is 5.05. The second-order valence-electron chi connectivity index (χ2n) is 5.01. The van der Waals surface area contributed by atoms with Crippen molar-refractivity contribution in [1.82, 2.24) is 5.32 Å². The molecule has 3 heteroatoms. The van der Waals surface area contributed by atoms with Crippen molar-refractivity contribution in [3.8, 4) is 11.5 Å². The number of nitrogens with one attached hydrogen (secondary N) is 1. The van der Waals surface area contributed by atoms with E-state index in [1.165, 1.54) is 12.8 Å². The summed E-state index contributed by atoms with van der Waals surface area (Å²) in [5, 5.41) is 3.43. The summed E-state index contributed by atoms with van der Waals surface area (Å²) < 4.78 is 10.7. The maximum absolute atomic E-state index is 5.62. The molecule has 0 spiro atoms. The number of ether oxygens (including phenoxy) is 2. The molecule has 17 heavy (non-hydrogen) atoms. The normalized spacial score (nSPS) is 16.6. The van der Waals surface area contributed by atoms with Gasteiger partial charge in [0.15, 0.2) is 0 Å². The van der Waals surface area contributed by atoms with Crippen LogP contribution in [0.1, 0.15) is 19.8 Å². The molecule has 3 nitrogen and oxygen atoms in total. The van der Waals surface area contributed by atoms with E-state index in [9.17, 15) is 0 Å². The van der Waals surface area contributed by atoms with E-state index in [1.807, 2.05) is 24.3 Å². The van der Waals surface area contributed by atoms with Gasteiger partial charge in [-0.2, -0.15) is 0 Å². The van der Waals surface area contributed by atoms with Crippen molar-refractivity contribution >= 4 is 0 Å². The minimum absolute atomic E-state index is 0.570. The van der Waals surface area contributed by atoms with Crippen LogP contribution in [0.4, 0.5) is 0 Å². The third-order valence-electron chi connectivity index (χ3n) is 3.26. The van der Waals surface area contributed by atoms with Gasteiger partial charge >= 0.3 is 0 Å². The van der Waals surface area contributed by atoms with Crippen LogP contribution in [0.15, 0.2) is 24.3 Å². The van der Waals surface area contributed by atoms with Gasteiger partial charge in [0, 0.05) is 13.1 Å². The molecular formula is C14H21NO2. The van der Waals surface area contributed by atoms with Gasteiger partial charge in [0.05, 0.1) is 7.11 Å². The number of benzene rings is 1. The first kappa shape index (κ1) is 12.2. The van der Waals surface area contributed by atoms with Crippen LogP contribution in [0.3, 0.4) is 0 Å². The van der Waals surface area contributed by atoms with Crippen molar-refractivity contribution in [2.24, 2.45) is 5.41 Å². The Morgan fingerprint density at radius 1 is 1.18 bits per heavy atom. The molecule has 0 saturated heterocycles. The summed E-state index contributed by atoms with van der Waals surface area (Å²) >= 11 is 0. The van der Waals surface area contributed by atoms with Crippen LogP contribution in [0.2, 0.25) is 0 Å². The fourth-order valence-corrected chi connectivity index (χ4v) is 1.69. The first-order valence-corrected chi connectivity index (χ1v) is 6.19. The van der Waals surface area contributed by atoms with Crippen LogP contribution >= 0.6 is 0 Å². The molecule has 1 aromatic carbocycles. The maximum atomic E-state index is 5.62. The molecule has 0 bridgehead atoms. The monoisotopic (exact) mass is 235 g/mol. The molecule has 1 N–H and O–H groups in total. The SMILES string of the molecule is COc1ccc(OCCNCC2(C)CC2)cc1. The van der Waals surface area contributed by atoms with E-state index in [4.69, 9.17) is 9.47 Å². The summed E-state index contributed by atoms with van der Waals surface area (Å²) in [6.07, 6.45) is 2.72. The lowest BCUT2D eigenvalue weighted by atomic mass is 10.1. The summed E-state index contributed by atoms with van der Waals surface area (Å²) in [5.41, 5.74) is 0.570. The van der Waals surface area contributed by atoms with Gasteiger partial charge in [0.2, 0.25) is 0 Å². The van der Waals surface area contributed by atoms with Crippen LogP contribution in [0.25, 0.3) is 0 Å². The molecule has 1 aliphatic carbocycles. The van der Waals surface area contributed by atoms with Crippen molar-refractivity contribution in [3.63, 3.8) is 0 Å². The Balaban J connectivity index is 1.60. The first-order chi connectivity index (χ1) is 8.22. The molecule has 94 valence electrons. The van der Waals surface area contributed by atoms with Gasteiger partial charge in [0.25, 0.3) is 0 Å². The molecule has 0 atom stereocenters. The van der Waals surface area contributed by atoms with E-state index >= 15 is 0 Å². The zero-order valence-electron chi connectivity index (χ0n) is 10.7. The van der Waals surface area contributed by atoms with Crippen molar-refractivity contribution in [2.75, 3.05) is 26.8 Å². The molecule has 1 aliphatic rings. The van der Waals surface area contributed by atoms with Gasteiger partial charge in [0.1, 0.15) is 18.1 Å². The Kier molecular flexibility index (Phi) is 3.89. The minimum atomic E-state index is 0.570. The van der Waals surface area contributed by atoms with E-state index in [1.54, 1.807) is 7.11 Å². The highest BCUT2D eigenvalue weighted by molar-refractivity contribution is 5.31. The van der Waals surface area contributed by atoms with Crippen LogP contribution in [-0.2, 0) is 0 Å². The average molecular weight is 235 g/mol. The largest absolute Gasteiger partial charge is 0.497 e. The summed E-state index contributed by atoms with van der Waals surface area (Å²) in [4.78, 5) is 0. The van der Waals surface area contributed by atoms with Crippen LogP contribution in [0, 0.1) is 5.41 Å². The molecule has 2 rings (SSSR count). The fourth-order valence-electron chi connectivity index (χ4n) is 1.69. The molecule has 0 unspecified atom stereocenters. The highest BCUT2D eigenvalue weighted by Gasteiger charge is 2.36. The predicted octanol–water partition coefficient (Wildman–Crippen LogP) is 2.46. The lowest BCUT2D eigenvalue weighted by Crippen LogP contribution is -2.26. The van der Waals surface area contributed by atoms with Gasteiger partial charge in [-0.15, -0.1) is 0 Å². The summed E-state index contributed by atoms with van der Waals surface area (Å²) in [6, 6.07) is 7.68. The van der Waals surface area contributed by atoms with E-state index in [0.29, 0.717) is 12.0 Å². The van der Waals surface area contributed by atoms with Gasteiger partial charge in [-0.3, -0.25) is 0 Å². The Morgan fingerprint density at radius 2 is 1.82 bits per heavy atom. The number of methoxy groups -OCH3 is 1. The van der Waals surface area contributed by atoms with Crippen molar-refractivity contribution in [2.45, 2.75) is 19.8 Å². The fraction of sp³-hybridized carbons (Fsp3) is 0.571. The minimum Gasteiger partial charge on any atom is -0.497 e. The Labute approximate surface area is 103 Å². The molecule has 0 heterocycles. The van der Waals surface area contributed by atoms with E-state index in [0.717, 1.165) is 24.6 Å². The lowest BCUT2D eigenvalue weighted by Gasteiger charge is -2.11. The zero-order chi connectivity index (χ0) is 12.1. The van der Waals surface area contributed by atoms with E-state index in [2.05, 4.69) is 12.2 Å². The summed E-state index contributed by atoms with van der Waals surface area (Å²) in [7, 11) is 1.66. The number of hydrogen-bond donors (Lipinski definition) is 1. The van der Waals surface area contributed by atoms with Crippen molar-refractivity contribution in [1.29, 1.82) is 0 Å². The molecule has 0 aliphatic heterocycles. The number of rotatable bonds is 7. The maximum Gasteiger partial charge on any atom is 0.119 e. The summed E-state index contributed by atoms with van der Waals surface area (Å²) in [5.74, 6) is 1.75. The molecule has 1 fully saturated rings. The molecule has 1 saturated carbocycles. The van der Waals surface area contributed by atoms with Crippen LogP contribution in [0.5, 0.6) is 11.5 Å². The standard InChI is InChI=1S/C14H21NO2/c1-14(7-8-14)11-15-9-10-17-13-5-3-12(16-2)4-6-13/h3-6,15H,7-11H2,1-2H3. The second-order valence-corrected chi connectivity index (χ2v) is 5.01. The predicted molar refractivity (Wildman–Crippen MR) is 68.7 cm³/mol. The molecule has 0 radical (unpaired) electrons. The third kappa shape index (κ3) is 3.93. The van der Waals surface area contributed by atoms with Gasteiger partial charge in [-0.05, 0) is 42.5 Å². The quantitative estimate of drug-likeness (QED) is 0.736. The van der Waals surface area contributed by atoms with Crippen LogP contribution < -0.4 is 14.8 Å². The lowest BCUT2D eigenvalue weighted by molar-refractivity contribution is 0.308. The highest BCUT2D eigenvalue weighted by Crippen LogP contribution is 2.43. The Bertz CT molecular complexity index is 344. The van der Waals surface area contributed by atoms with Crippen LogP contribution in [-0.4, -0.2) is 26.8 Å². The molecule has 0 amide bonds. The zero-order valence-corrected chi connectivity index (χ0v) is 10.7.